The lowest BCUT2D eigenvalue weighted by Crippen LogP contribution is -2.46. The minimum Gasteiger partial charge on any atom is -0.497 e. The molecule has 4 rings (SSSR count). The van der Waals surface area contributed by atoms with Gasteiger partial charge >= 0.3 is 0 Å². The lowest BCUT2D eigenvalue weighted by Gasteiger charge is -2.30. The molecule has 1 heterocycles. The lowest BCUT2D eigenvalue weighted by molar-refractivity contribution is 0.0811. The molecule has 4 atom stereocenters. The Bertz CT molecular complexity index is 1340. The second-order valence-electron chi connectivity index (χ2n) is 10.5. The summed E-state index contributed by atoms with van der Waals surface area (Å²) in [5.41, 5.74) is 3.30. The molecule has 0 bridgehead atoms. The number of rotatable bonds is 11. The van der Waals surface area contributed by atoms with Crippen LogP contribution in [0.4, 0.5) is 5.69 Å². The van der Waals surface area contributed by atoms with E-state index >= 15 is 0 Å². The zero-order chi connectivity index (χ0) is 29.5. The Morgan fingerprint density at radius 2 is 1.78 bits per heavy atom. The van der Waals surface area contributed by atoms with Gasteiger partial charge in [0.25, 0.3) is 11.8 Å². The fraction of sp³-hybridized carbons (Fsp3) is 0.355. The van der Waals surface area contributed by atoms with Crippen LogP contribution in [-0.2, 0) is 6.42 Å². The molecular weight excluding hydrogens is 535 g/mol. The third kappa shape index (κ3) is 7.84. The Hall–Kier alpha value is -3.47. The average Bonchev–Trinajstić information content (AvgIpc) is 3.35. The monoisotopic (exact) mass is 572 g/mol. The van der Waals surface area contributed by atoms with Gasteiger partial charge in [-0.1, -0.05) is 55.3 Å². The summed E-state index contributed by atoms with van der Waals surface area (Å²) >= 11 is 4.36. The number of aliphatic hydroxyl groups is 1. The maximum atomic E-state index is 13.2. The van der Waals surface area contributed by atoms with E-state index in [1.54, 1.807) is 37.2 Å². The number of carbonyl (C=O) groups excluding carboxylic acids is 2. The van der Waals surface area contributed by atoms with Crippen LogP contribution in [0.2, 0.25) is 0 Å². The van der Waals surface area contributed by atoms with Gasteiger partial charge in [0.2, 0.25) is 0 Å². The molecule has 3 aromatic rings. The molecule has 3 aromatic carbocycles. The van der Waals surface area contributed by atoms with Crippen molar-refractivity contribution < 1.29 is 19.4 Å². The number of carbonyl (C=O) groups is 2. The molecule has 0 unspecified atom stereocenters. The number of anilines is 1. The summed E-state index contributed by atoms with van der Waals surface area (Å²) in [6.07, 6.45) is 1.43. The number of aliphatic hydroxyl groups excluding tert-OH is 1. The van der Waals surface area contributed by atoms with Crippen molar-refractivity contribution in [2.75, 3.05) is 25.0 Å². The van der Waals surface area contributed by atoms with E-state index in [0.29, 0.717) is 23.2 Å². The molecule has 0 aliphatic carbocycles. The molecule has 3 N–H and O–H groups in total. The van der Waals surface area contributed by atoms with Crippen LogP contribution in [0.1, 0.15) is 57.7 Å². The molecule has 2 radical (unpaired) electrons. The Morgan fingerprint density at radius 1 is 1.07 bits per heavy atom. The van der Waals surface area contributed by atoms with E-state index < -0.39 is 12.0 Å². The predicted octanol–water partition coefficient (Wildman–Crippen LogP) is 3.72. The standard InChI is InChI=1S/C31H37BN4O4S/c1-20(22-9-5-4-6-10-22)34-31(39)24-16-23(17-26(18-24)35(2)41)30(38)33-19-29(37)28-13-12-25(36(28)32)14-21-8-7-11-27(15-21)40-3/h4-11,15-18,20,25,28-29,37,41H,12-14,19H2,1-3H3,(H,33,38)(H,34,39)/t20-,25+,28-,29+/m1/s1. The number of methoxy groups -OCH3 is 1. The zero-order valence-electron chi connectivity index (χ0n) is 23.7. The van der Waals surface area contributed by atoms with Gasteiger partial charge in [0, 0.05) is 42.5 Å². The number of hydrogen-bond donors (Lipinski definition) is 4. The van der Waals surface area contributed by atoms with Crippen molar-refractivity contribution in [1.29, 1.82) is 0 Å². The first-order valence-electron chi connectivity index (χ1n) is 13.7. The first kappa shape index (κ1) is 30.5. The fourth-order valence-corrected chi connectivity index (χ4v) is 5.32. The number of thiol groups is 1. The van der Waals surface area contributed by atoms with Gasteiger partial charge in [0.1, 0.15) is 5.75 Å². The number of ether oxygens (including phenoxy) is 1. The highest BCUT2D eigenvalue weighted by Gasteiger charge is 2.34. The van der Waals surface area contributed by atoms with Crippen LogP contribution in [0.3, 0.4) is 0 Å². The Balaban J connectivity index is 1.38. The average molecular weight is 573 g/mol. The number of amides is 2. The summed E-state index contributed by atoms with van der Waals surface area (Å²) in [5.74, 6) is 0.0860. The summed E-state index contributed by atoms with van der Waals surface area (Å²) in [6.45, 7) is 1.93. The number of nitrogens with zero attached hydrogens (tertiary/aromatic N) is 2. The zero-order valence-corrected chi connectivity index (χ0v) is 24.6. The summed E-state index contributed by atoms with van der Waals surface area (Å²) in [5, 5.41) is 16.7. The van der Waals surface area contributed by atoms with E-state index in [4.69, 9.17) is 12.7 Å². The van der Waals surface area contributed by atoms with Crippen LogP contribution >= 0.6 is 12.8 Å². The van der Waals surface area contributed by atoms with Gasteiger partial charge in [0.15, 0.2) is 7.98 Å². The fourth-order valence-electron chi connectivity index (χ4n) is 5.20. The van der Waals surface area contributed by atoms with E-state index in [1.165, 1.54) is 4.31 Å². The van der Waals surface area contributed by atoms with Gasteiger partial charge in [-0.2, -0.15) is 0 Å². The van der Waals surface area contributed by atoms with Crippen LogP contribution in [0.15, 0.2) is 72.8 Å². The van der Waals surface area contributed by atoms with Crippen molar-refractivity contribution in [1.82, 2.24) is 15.4 Å². The largest absolute Gasteiger partial charge is 0.497 e. The molecule has 8 nitrogen and oxygen atoms in total. The van der Waals surface area contributed by atoms with Crippen molar-refractivity contribution >= 4 is 38.3 Å². The molecule has 1 aliphatic heterocycles. The van der Waals surface area contributed by atoms with Crippen molar-refractivity contribution in [3.63, 3.8) is 0 Å². The SMILES string of the molecule is [B]N1[C@H](Cc2cccc(OC)c2)CC[C@@H]1[C@@H](O)CNC(=O)c1cc(C(=O)N[C@H](C)c2ccccc2)cc(N(C)S)c1. The van der Waals surface area contributed by atoms with E-state index in [9.17, 15) is 14.7 Å². The van der Waals surface area contributed by atoms with E-state index in [-0.39, 0.29) is 30.6 Å². The molecule has 2 amide bonds. The van der Waals surface area contributed by atoms with Crippen molar-refractivity contribution in [2.24, 2.45) is 0 Å². The van der Waals surface area contributed by atoms with E-state index in [2.05, 4.69) is 23.4 Å². The Labute approximate surface area is 249 Å². The summed E-state index contributed by atoms with van der Waals surface area (Å²) in [6, 6.07) is 22.0. The molecule has 1 aliphatic rings. The first-order valence-corrected chi connectivity index (χ1v) is 14.1. The lowest BCUT2D eigenvalue weighted by atomic mass is 10.0. The normalized spacial score (nSPS) is 18.4. The minimum atomic E-state index is -0.857. The molecule has 0 saturated carbocycles. The van der Waals surface area contributed by atoms with Crippen molar-refractivity contribution in [3.8, 4) is 5.75 Å². The van der Waals surface area contributed by atoms with Gasteiger partial charge in [0.05, 0.1) is 19.3 Å². The molecule has 0 spiro atoms. The van der Waals surface area contributed by atoms with E-state index in [1.807, 2.05) is 61.5 Å². The van der Waals surface area contributed by atoms with Gasteiger partial charge in [-0.05, 0) is 67.6 Å². The minimum absolute atomic E-state index is 0.0244. The molecule has 10 heteroatoms. The third-order valence-corrected chi connectivity index (χ3v) is 7.82. The van der Waals surface area contributed by atoms with Crippen LogP contribution in [0, 0.1) is 0 Å². The second kappa shape index (κ2) is 13.9. The number of hydrogen-bond acceptors (Lipinski definition) is 7. The van der Waals surface area contributed by atoms with Gasteiger partial charge in [-0.15, -0.1) is 0 Å². The summed E-state index contributed by atoms with van der Waals surface area (Å²) in [7, 11) is 9.78. The Morgan fingerprint density at radius 3 is 2.46 bits per heavy atom. The highest BCUT2D eigenvalue weighted by molar-refractivity contribution is 7.81. The Kier molecular flexibility index (Phi) is 10.4. The van der Waals surface area contributed by atoms with Crippen molar-refractivity contribution in [3.05, 3.63) is 95.1 Å². The highest BCUT2D eigenvalue weighted by Crippen LogP contribution is 2.28. The van der Waals surface area contributed by atoms with Crippen LogP contribution < -0.4 is 19.7 Å². The van der Waals surface area contributed by atoms with Gasteiger partial charge < -0.3 is 29.6 Å². The predicted molar refractivity (Wildman–Crippen MR) is 166 cm³/mol. The second-order valence-corrected chi connectivity index (χ2v) is 11.1. The topological polar surface area (TPSA) is 94.1 Å². The van der Waals surface area contributed by atoms with Gasteiger partial charge in [-0.25, -0.2) is 0 Å². The number of nitrogens with one attached hydrogen (secondary N) is 2. The molecule has 0 aromatic heterocycles. The molecule has 41 heavy (non-hydrogen) atoms. The van der Waals surface area contributed by atoms with E-state index in [0.717, 1.165) is 29.7 Å². The number of benzene rings is 3. The maximum absolute atomic E-state index is 13.2. The maximum Gasteiger partial charge on any atom is 0.251 e. The molecular formula is C31H37BN4O4S. The molecule has 1 saturated heterocycles. The summed E-state index contributed by atoms with van der Waals surface area (Å²) in [4.78, 5) is 28.0. The van der Waals surface area contributed by atoms with Crippen LogP contribution in [0.5, 0.6) is 5.75 Å². The molecule has 1 fully saturated rings. The quantitative estimate of drug-likeness (QED) is 0.207. The smallest absolute Gasteiger partial charge is 0.251 e. The first-order chi connectivity index (χ1) is 19.7. The van der Waals surface area contributed by atoms with Crippen LogP contribution in [0.25, 0.3) is 0 Å². The van der Waals surface area contributed by atoms with Crippen molar-refractivity contribution in [2.45, 2.75) is 50.4 Å². The third-order valence-electron chi connectivity index (χ3n) is 7.58. The molecule has 214 valence electrons. The van der Waals surface area contributed by atoms with Gasteiger partial charge in [-0.3, -0.25) is 9.59 Å². The van der Waals surface area contributed by atoms with Crippen LogP contribution in [-0.4, -0.2) is 68.6 Å². The highest BCUT2D eigenvalue weighted by atomic mass is 32.1. The summed E-state index contributed by atoms with van der Waals surface area (Å²) < 4.78 is 6.86.